The van der Waals surface area contributed by atoms with Crippen LogP contribution in [-0.4, -0.2) is 12.6 Å². The zero-order chi connectivity index (χ0) is 11.8. The van der Waals surface area contributed by atoms with Crippen molar-refractivity contribution in [3.8, 4) is 0 Å². The molecule has 1 aromatic rings. The summed E-state index contributed by atoms with van der Waals surface area (Å²) in [6, 6.07) is 4.85. The lowest BCUT2D eigenvalue weighted by atomic mass is 9.97. The van der Waals surface area contributed by atoms with Gasteiger partial charge >= 0.3 is 12.1 Å². The Hall–Kier alpha value is -1.52. The molecule has 1 fully saturated rings. The second-order valence-electron chi connectivity index (χ2n) is 3.70. The third-order valence-corrected chi connectivity index (χ3v) is 2.57. The Balaban J connectivity index is 2.17. The zero-order valence-corrected chi connectivity index (χ0v) is 8.25. The van der Waals surface area contributed by atoms with Crippen molar-refractivity contribution in [3.05, 3.63) is 35.4 Å². The minimum atomic E-state index is -4.32. The number of hydrogen-bond donors (Lipinski definition) is 0. The first-order valence-corrected chi connectivity index (χ1v) is 4.79. The molecule has 16 heavy (non-hydrogen) atoms. The van der Waals surface area contributed by atoms with Crippen LogP contribution in [0.1, 0.15) is 23.5 Å². The molecule has 1 unspecified atom stereocenters. The molecule has 0 N–H and O–H groups in total. The lowest BCUT2D eigenvalue weighted by Crippen LogP contribution is -2.05. The van der Waals surface area contributed by atoms with Crippen molar-refractivity contribution in [1.29, 1.82) is 0 Å². The van der Waals surface area contributed by atoms with Gasteiger partial charge in [0.2, 0.25) is 0 Å². The third kappa shape index (κ3) is 2.18. The Kier molecular flexibility index (Phi) is 2.61. The zero-order valence-electron chi connectivity index (χ0n) is 8.25. The van der Waals surface area contributed by atoms with Crippen molar-refractivity contribution >= 4 is 5.97 Å². The van der Waals surface area contributed by atoms with Crippen LogP contribution < -0.4 is 0 Å². The van der Waals surface area contributed by atoms with Crippen LogP contribution in [0.5, 0.6) is 0 Å². The van der Waals surface area contributed by atoms with Crippen molar-refractivity contribution in [3.63, 3.8) is 0 Å². The summed E-state index contributed by atoms with van der Waals surface area (Å²) in [4.78, 5) is 10.9. The van der Waals surface area contributed by atoms with Crippen molar-refractivity contribution in [2.75, 3.05) is 6.61 Å². The van der Waals surface area contributed by atoms with Crippen LogP contribution in [0.3, 0.4) is 0 Å². The van der Waals surface area contributed by atoms with E-state index in [4.69, 9.17) is 4.74 Å². The molecule has 1 atom stereocenters. The van der Waals surface area contributed by atoms with Gasteiger partial charge in [0.25, 0.3) is 0 Å². The fourth-order valence-corrected chi connectivity index (χ4v) is 1.67. The highest BCUT2D eigenvalue weighted by atomic mass is 19.4. The monoisotopic (exact) mass is 230 g/mol. The number of hydrogen-bond acceptors (Lipinski definition) is 2. The van der Waals surface area contributed by atoms with Crippen LogP contribution in [0, 0.1) is 0 Å². The lowest BCUT2D eigenvalue weighted by molar-refractivity contribution is -0.138. The van der Waals surface area contributed by atoms with Gasteiger partial charge in [-0.25, -0.2) is 0 Å². The Morgan fingerprint density at radius 2 is 1.81 bits per heavy atom. The molecular formula is C11H9F3O2. The summed E-state index contributed by atoms with van der Waals surface area (Å²) >= 11 is 0. The number of halogens is 3. The van der Waals surface area contributed by atoms with Crippen LogP contribution in [0.4, 0.5) is 13.2 Å². The fraction of sp³-hybridized carbons (Fsp3) is 0.364. The molecule has 1 saturated heterocycles. The van der Waals surface area contributed by atoms with Gasteiger partial charge in [0, 0.05) is 5.92 Å². The number of carbonyl (C=O) groups is 1. The summed E-state index contributed by atoms with van der Waals surface area (Å²) in [6.07, 6.45) is -4.08. The van der Waals surface area contributed by atoms with Crippen LogP contribution in [0.15, 0.2) is 24.3 Å². The topological polar surface area (TPSA) is 26.3 Å². The van der Waals surface area contributed by atoms with Gasteiger partial charge in [-0.05, 0) is 17.7 Å². The normalized spacial score (nSPS) is 20.9. The molecule has 5 heteroatoms. The molecule has 0 saturated carbocycles. The molecule has 1 aliphatic heterocycles. The minimum absolute atomic E-state index is 0.116. The number of esters is 1. The van der Waals surface area contributed by atoms with Gasteiger partial charge in [0.1, 0.15) is 0 Å². The highest BCUT2D eigenvalue weighted by Crippen LogP contribution is 2.32. The van der Waals surface area contributed by atoms with Crippen molar-refractivity contribution in [2.24, 2.45) is 0 Å². The molecular weight excluding hydrogens is 221 g/mol. The van der Waals surface area contributed by atoms with E-state index in [0.717, 1.165) is 12.1 Å². The minimum Gasteiger partial charge on any atom is -0.465 e. The van der Waals surface area contributed by atoms with E-state index in [-0.39, 0.29) is 24.9 Å². The van der Waals surface area contributed by atoms with Gasteiger partial charge < -0.3 is 4.74 Å². The summed E-state index contributed by atoms with van der Waals surface area (Å²) in [5, 5.41) is 0. The number of alkyl halides is 3. The summed E-state index contributed by atoms with van der Waals surface area (Å²) < 4.78 is 41.6. The van der Waals surface area contributed by atoms with Crippen LogP contribution in [-0.2, 0) is 15.7 Å². The number of rotatable bonds is 1. The second-order valence-corrected chi connectivity index (χ2v) is 3.70. The van der Waals surface area contributed by atoms with E-state index < -0.39 is 11.7 Å². The molecule has 0 bridgehead atoms. The fourth-order valence-electron chi connectivity index (χ4n) is 1.67. The molecule has 0 radical (unpaired) electrons. The maximum absolute atomic E-state index is 12.3. The molecule has 1 aliphatic rings. The second kappa shape index (κ2) is 3.81. The predicted octanol–water partition coefficient (Wildman–Crippen LogP) is 2.74. The van der Waals surface area contributed by atoms with E-state index in [1.807, 2.05) is 0 Å². The Morgan fingerprint density at radius 1 is 1.19 bits per heavy atom. The molecule has 2 nitrogen and oxygen atoms in total. The van der Waals surface area contributed by atoms with Gasteiger partial charge in [0.15, 0.2) is 0 Å². The number of benzene rings is 1. The Labute approximate surface area is 90.0 Å². The summed E-state index contributed by atoms with van der Waals surface area (Å²) in [6.45, 7) is 0.254. The summed E-state index contributed by atoms with van der Waals surface area (Å²) in [5.74, 6) is -0.417. The van der Waals surface area contributed by atoms with Gasteiger partial charge in [-0.2, -0.15) is 13.2 Å². The van der Waals surface area contributed by atoms with Gasteiger partial charge in [-0.3, -0.25) is 4.79 Å². The highest BCUT2D eigenvalue weighted by Gasteiger charge is 2.31. The van der Waals surface area contributed by atoms with E-state index in [0.29, 0.717) is 5.56 Å². The average Bonchev–Trinajstić information content (AvgIpc) is 2.64. The SMILES string of the molecule is O=C1CC(c2ccc(C(F)(F)F)cc2)CO1. The van der Waals surface area contributed by atoms with Crippen molar-refractivity contribution in [1.82, 2.24) is 0 Å². The van der Waals surface area contributed by atoms with Gasteiger partial charge in [-0.15, -0.1) is 0 Å². The maximum Gasteiger partial charge on any atom is 0.416 e. The van der Waals surface area contributed by atoms with Gasteiger partial charge in [-0.1, -0.05) is 12.1 Å². The number of ether oxygens (including phenoxy) is 1. The highest BCUT2D eigenvalue weighted by molar-refractivity contribution is 5.72. The average molecular weight is 230 g/mol. The van der Waals surface area contributed by atoms with Gasteiger partial charge in [0.05, 0.1) is 18.6 Å². The van der Waals surface area contributed by atoms with E-state index in [1.54, 1.807) is 0 Å². The van der Waals surface area contributed by atoms with Crippen LogP contribution in [0.2, 0.25) is 0 Å². The first-order chi connectivity index (χ1) is 7.47. The Bertz CT molecular complexity index is 395. The van der Waals surface area contributed by atoms with Crippen LogP contribution in [0.25, 0.3) is 0 Å². The molecule has 0 spiro atoms. The largest absolute Gasteiger partial charge is 0.465 e. The first kappa shape index (κ1) is 11.0. The smallest absolute Gasteiger partial charge is 0.416 e. The number of carbonyl (C=O) groups excluding carboxylic acids is 1. The third-order valence-electron chi connectivity index (χ3n) is 2.57. The van der Waals surface area contributed by atoms with E-state index >= 15 is 0 Å². The summed E-state index contributed by atoms with van der Waals surface area (Å²) in [5.41, 5.74) is 0.0281. The maximum atomic E-state index is 12.3. The standard InChI is InChI=1S/C11H9F3O2/c12-11(13,14)9-3-1-7(2-4-9)8-5-10(15)16-6-8/h1-4,8H,5-6H2. The first-order valence-electron chi connectivity index (χ1n) is 4.79. The molecule has 1 aromatic carbocycles. The predicted molar refractivity (Wildman–Crippen MR) is 49.8 cm³/mol. The number of cyclic esters (lactones) is 1. The van der Waals surface area contributed by atoms with E-state index in [2.05, 4.69) is 0 Å². The van der Waals surface area contributed by atoms with Crippen molar-refractivity contribution < 1.29 is 22.7 Å². The van der Waals surface area contributed by atoms with E-state index in [9.17, 15) is 18.0 Å². The summed E-state index contributed by atoms with van der Waals surface area (Å²) in [7, 11) is 0. The molecule has 0 aliphatic carbocycles. The Morgan fingerprint density at radius 3 is 2.25 bits per heavy atom. The quantitative estimate of drug-likeness (QED) is 0.693. The molecule has 0 amide bonds. The molecule has 2 rings (SSSR count). The molecule has 86 valence electrons. The van der Waals surface area contributed by atoms with Crippen molar-refractivity contribution in [2.45, 2.75) is 18.5 Å². The lowest BCUT2D eigenvalue weighted by Gasteiger charge is -2.09. The molecule has 1 heterocycles. The van der Waals surface area contributed by atoms with E-state index in [1.165, 1.54) is 12.1 Å². The molecule has 0 aromatic heterocycles. The van der Waals surface area contributed by atoms with Crippen LogP contribution >= 0.6 is 0 Å².